The number of pyridine rings is 1. The van der Waals surface area contributed by atoms with Gasteiger partial charge in [0, 0.05) is 24.1 Å². The van der Waals surface area contributed by atoms with Gasteiger partial charge in [0.2, 0.25) is 0 Å². The van der Waals surface area contributed by atoms with E-state index in [1.54, 1.807) is 6.20 Å². The number of nitrogens with zero attached hydrogens (tertiary/aromatic N) is 3. The molecule has 1 fully saturated rings. The molecular formula is C24H30N4OS. The first kappa shape index (κ1) is 20.9. The Kier molecular flexibility index (Phi) is 7.05. The lowest BCUT2D eigenvalue weighted by molar-refractivity contribution is 0.0953. The molecule has 0 radical (unpaired) electrons. The van der Waals surface area contributed by atoms with Gasteiger partial charge in [0.25, 0.3) is 5.91 Å². The van der Waals surface area contributed by atoms with Crippen molar-refractivity contribution < 1.29 is 4.79 Å². The highest BCUT2D eigenvalue weighted by molar-refractivity contribution is 7.99. The van der Waals surface area contributed by atoms with Crippen molar-refractivity contribution in [1.29, 1.82) is 0 Å². The number of fused-ring (bicyclic) bond motifs is 1. The van der Waals surface area contributed by atoms with Crippen LogP contribution in [0.3, 0.4) is 0 Å². The fourth-order valence-corrected chi connectivity index (χ4v) is 5.24. The molecule has 3 aromatic rings. The second-order valence-corrected chi connectivity index (χ2v) is 9.10. The quantitative estimate of drug-likeness (QED) is 0.501. The molecule has 2 heterocycles. The fourth-order valence-electron chi connectivity index (χ4n) is 4.04. The van der Waals surface area contributed by atoms with E-state index in [4.69, 9.17) is 4.98 Å². The Morgan fingerprint density at radius 1 is 1.17 bits per heavy atom. The van der Waals surface area contributed by atoms with Gasteiger partial charge >= 0.3 is 0 Å². The van der Waals surface area contributed by atoms with Crippen LogP contribution in [0.25, 0.3) is 11.0 Å². The molecule has 1 amide bonds. The summed E-state index contributed by atoms with van der Waals surface area (Å²) >= 11 is 1.88. The molecule has 30 heavy (non-hydrogen) atoms. The third-order valence-electron chi connectivity index (χ3n) is 5.78. The van der Waals surface area contributed by atoms with E-state index < -0.39 is 0 Å². The van der Waals surface area contributed by atoms with Crippen LogP contribution in [0.1, 0.15) is 61.4 Å². The molecule has 6 heteroatoms. The maximum atomic E-state index is 12.2. The minimum atomic E-state index is -0.00981. The van der Waals surface area contributed by atoms with Crippen molar-refractivity contribution in [3.63, 3.8) is 0 Å². The van der Waals surface area contributed by atoms with Crippen molar-refractivity contribution in [3.8, 4) is 0 Å². The van der Waals surface area contributed by atoms with Crippen LogP contribution in [0.15, 0.2) is 47.9 Å². The summed E-state index contributed by atoms with van der Waals surface area (Å²) < 4.78 is 2.27. The lowest BCUT2D eigenvalue weighted by Gasteiger charge is -2.21. The molecule has 2 aromatic heterocycles. The highest BCUT2D eigenvalue weighted by Gasteiger charge is 2.17. The van der Waals surface area contributed by atoms with Crippen molar-refractivity contribution in [2.45, 2.75) is 57.1 Å². The van der Waals surface area contributed by atoms with E-state index in [9.17, 15) is 4.79 Å². The second kappa shape index (κ2) is 10.1. The van der Waals surface area contributed by atoms with Gasteiger partial charge in [-0.15, -0.1) is 0 Å². The number of imidazole rings is 1. The standard InChI is InChI=1S/C24H30N4OS/c1-2-13-26-23(29)20-10-8-18(9-11-20)16-28-22-15-25-14-12-21(22)27-24(28)30-17-19-6-4-3-5-7-19/h8-12,14-15,19H,2-7,13,16-17H2,1H3,(H,26,29). The third-order valence-corrected chi connectivity index (χ3v) is 6.99. The number of hydrogen-bond acceptors (Lipinski definition) is 4. The molecule has 1 aliphatic rings. The van der Waals surface area contributed by atoms with E-state index in [0.29, 0.717) is 12.1 Å². The van der Waals surface area contributed by atoms with Gasteiger partial charge in [0.1, 0.15) is 0 Å². The van der Waals surface area contributed by atoms with Gasteiger partial charge in [-0.1, -0.05) is 50.1 Å². The normalized spacial score (nSPS) is 14.8. The molecule has 1 N–H and O–H groups in total. The summed E-state index contributed by atoms with van der Waals surface area (Å²) in [6.45, 7) is 3.49. The van der Waals surface area contributed by atoms with Gasteiger partial charge < -0.3 is 9.88 Å². The van der Waals surface area contributed by atoms with Gasteiger partial charge in [0.15, 0.2) is 5.16 Å². The molecule has 158 valence electrons. The maximum absolute atomic E-state index is 12.2. The molecule has 1 saturated carbocycles. The summed E-state index contributed by atoms with van der Waals surface area (Å²) in [5, 5.41) is 3.99. The number of carbonyl (C=O) groups excluding carboxylic acids is 1. The van der Waals surface area contributed by atoms with Crippen molar-refractivity contribution >= 4 is 28.7 Å². The number of aromatic nitrogens is 3. The lowest BCUT2D eigenvalue weighted by Crippen LogP contribution is -2.23. The van der Waals surface area contributed by atoms with Gasteiger partial charge in [-0.05, 0) is 48.9 Å². The lowest BCUT2D eigenvalue weighted by atomic mass is 9.91. The number of carbonyl (C=O) groups is 1. The number of nitrogens with one attached hydrogen (secondary N) is 1. The summed E-state index contributed by atoms with van der Waals surface area (Å²) in [5.41, 5.74) is 3.92. The fraction of sp³-hybridized carbons (Fsp3) is 0.458. The Hall–Kier alpha value is -2.34. The van der Waals surface area contributed by atoms with Crippen LogP contribution in [-0.4, -0.2) is 32.7 Å². The molecule has 0 saturated heterocycles. The first-order chi connectivity index (χ1) is 14.7. The Balaban J connectivity index is 1.51. The SMILES string of the molecule is CCCNC(=O)c1ccc(Cn2c(SCC3CCCCC3)nc3ccncc32)cc1. The number of rotatable bonds is 8. The van der Waals surface area contributed by atoms with E-state index in [-0.39, 0.29) is 5.91 Å². The maximum Gasteiger partial charge on any atom is 0.251 e. The van der Waals surface area contributed by atoms with Crippen molar-refractivity contribution in [1.82, 2.24) is 19.9 Å². The largest absolute Gasteiger partial charge is 0.352 e. The molecule has 5 nitrogen and oxygen atoms in total. The van der Waals surface area contributed by atoms with Crippen LogP contribution in [0.2, 0.25) is 0 Å². The van der Waals surface area contributed by atoms with E-state index in [1.165, 1.54) is 32.1 Å². The zero-order valence-electron chi connectivity index (χ0n) is 17.6. The van der Waals surface area contributed by atoms with Gasteiger partial charge in [0.05, 0.1) is 23.8 Å². The molecular weight excluding hydrogens is 392 g/mol. The molecule has 1 aliphatic carbocycles. The average molecular weight is 423 g/mol. The van der Waals surface area contributed by atoms with Crippen molar-refractivity contribution in [3.05, 3.63) is 53.9 Å². The smallest absolute Gasteiger partial charge is 0.251 e. The molecule has 0 spiro atoms. The third kappa shape index (κ3) is 5.04. The number of amides is 1. The Bertz CT molecular complexity index is 977. The van der Waals surface area contributed by atoms with Gasteiger partial charge in [-0.3, -0.25) is 9.78 Å². The molecule has 4 rings (SSSR count). The molecule has 0 atom stereocenters. The Labute approximate surface area is 182 Å². The van der Waals surface area contributed by atoms with E-state index in [0.717, 1.165) is 46.4 Å². The molecule has 0 unspecified atom stereocenters. The first-order valence-electron chi connectivity index (χ1n) is 11.0. The summed E-state index contributed by atoms with van der Waals surface area (Å²) in [6, 6.07) is 9.88. The second-order valence-electron chi connectivity index (χ2n) is 8.11. The Morgan fingerprint density at radius 2 is 1.97 bits per heavy atom. The predicted octanol–water partition coefficient (Wildman–Crippen LogP) is 5.29. The zero-order valence-corrected chi connectivity index (χ0v) is 18.5. The summed E-state index contributed by atoms with van der Waals surface area (Å²) in [6.07, 6.45) is 11.4. The number of benzene rings is 1. The van der Waals surface area contributed by atoms with Crippen LogP contribution in [0, 0.1) is 5.92 Å². The minimum absolute atomic E-state index is 0.00981. The van der Waals surface area contributed by atoms with Crippen LogP contribution < -0.4 is 5.32 Å². The van der Waals surface area contributed by atoms with Crippen LogP contribution in [-0.2, 0) is 6.54 Å². The van der Waals surface area contributed by atoms with E-state index in [1.807, 2.05) is 48.3 Å². The predicted molar refractivity (Wildman–Crippen MR) is 123 cm³/mol. The zero-order chi connectivity index (χ0) is 20.8. The topological polar surface area (TPSA) is 59.8 Å². The monoisotopic (exact) mass is 422 g/mol. The summed E-state index contributed by atoms with van der Waals surface area (Å²) in [4.78, 5) is 21.4. The highest BCUT2D eigenvalue weighted by Crippen LogP contribution is 2.31. The Morgan fingerprint density at radius 3 is 2.73 bits per heavy atom. The van der Waals surface area contributed by atoms with Gasteiger partial charge in [-0.25, -0.2) is 4.98 Å². The molecule has 0 aliphatic heterocycles. The van der Waals surface area contributed by atoms with Crippen molar-refractivity contribution in [2.75, 3.05) is 12.3 Å². The minimum Gasteiger partial charge on any atom is -0.352 e. The van der Waals surface area contributed by atoms with Crippen LogP contribution >= 0.6 is 11.8 Å². The van der Waals surface area contributed by atoms with E-state index in [2.05, 4.69) is 21.8 Å². The van der Waals surface area contributed by atoms with E-state index >= 15 is 0 Å². The highest BCUT2D eigenvalue weighted by atomic mass is 32.2. The molecule has 1 aromatic carbocycles. The summed E-state index contributed by atoms with van der Waals surface area (Å²) in [5.74, 6) is 1.92. The van der Waals surface area contributed by atoms with Crippen molar-refractivity contribution in [2.24, 2.45) is 5.92 Å². The number of thioether (sulfide) groups is 1. The average Bonchev–Trinajstić information content (AvgIpc) is 3.14. The molecule has 0 bridgehead atoms. The first-order valence-corrected chi connectivity index (χ1v) is 12.0. The van der Waals surface area contributed by atoms with Crippen LogP contribution in [0.4, 0.5) is 0 Å². The summed E-state index contributed by atoms with van der Waals surface area (Å²) in [7, 11) is 0. The van der Waals surface area contributed by atoms with Gasteiger partial charge in [-0.2, -0.15) is 0 Å². The van der Waals surface area contributed by atoms with Crippen LogP contribution in [0.5, 0.6) is 0 Å². The number of hydrogen-bond donors (Lipinski definition) is 1.